The average Bonchev–Trinajstić information content (AvgIpc) is 2.91. The van der Waals surface area contributed by atoms with Gasteiger partial charge in [-0.25, -0.2) is 0 Å². The molecule has 0 spiro atoms. The standard InChI is InChI=1S/C12H8Br2OS3/c13-10-4-7(12(14)18-10)11(15)9-3-6-5-16-2-1-8(6)17-9/h3-4H,1-2,5H2. The van der Waals surface area contributed by atoms with Crippen LogP contribution in [0.3, 0.4) is 0 Å². The normalized spacial score (nSPS) is 14.6. The Morgan fingerprint density at radius 1 is 1.22 bits per heavy atom. The zero-order chi connectivity index (χ0) is 12.7. The molecule has 0 N–H and O–H groups in total. The van der Waals surface area contributed by atoms with Crippen LogP contribution in [-0.4, -0.2) is 11.5 Å². The molecule has 0 fully saturated rings. The molecule has 1 aliphatic rings. The number of thiophene rings is 2. The van der Waals surface area contributed by atoms with Crippen molar-refractivity contribution in [3.05, 3.63) is 40.6 Å². The predicted octanol–water partition coefficient (Wildman–Crippen LogP) is 5.35. The molecule has 0 saturated heterocycles. The van der Waals surface area contributed by atoms with Gasteiger partial charge in [-0.15, -0.1) is 22.7 Å². The van der Waals surface area contributed by atoms with Crippen molar-refractivity contribution in [2.45, 2.75) is 12.2 Å². The van der Waals surface area contributed by atoms with Crippen molar-refractivity contribution in [3.63, 3.8) is 0 Å². The molecular formula is C12H8Br2OS3. The quantitative estimate of drug-likeness (QED) is 0.605. The molecule has 3 rings (SSSR count). The van der Waals surface area contributed by atoms with Crippen molar-refractivity contribution < 1.29 is 4.79 Å². The van der Waals surface area contributed by atoms with Gasteiger partial charge >= 0.3 is 0 Å². The third-order valence-corrected chi connectivity index (χ3v) is 7.34. The molecule has 2 aromatic heterocycles. The molecule has 1 nitrogen and oxygen atoms in total. The van der Waals surface area contributed by atoms with E-state index in [0.717, 1.165) is 30.2 Å². The molecule has 0 unspecified atom stereocenters. The van der Waals surface area contributed by atoms with Gasteiger partial charge in [0, 0.05) is 16.2 Å². The van der Waals surface area contributed by atoms with E-state index < -0.39 is 0 Å². The van der Waals surface area contributed by atoms with Gasteiger partial charge in [0.05, 0.1) is 12.4 Å². The van der Waals surface area contributed by atoms with Gasteiger partial charge in [0.2, 0.25) is 5.78 Å². The Hall–Kier alpha value is 0.380. The lowest BCUT2D eigenvalue weighted by molar-refractivity contribution is 0.104. The van der Waals surface area contributed by atoms with Crippen LogP contribution >= 0.6 is 66.3 Å². The zero-order valence-electron chi connectivity index (χ0n) is 9.16. The molecule has 18 heavy (non-hydrogen) atoms. The lowest BCUT2D eigenvalue weighted by Gasteiger charge is -2.08. The molecule has 0 saturated carbocycles. The second kappa shape index (κ2) is 5.40. The summed E-state index contributed by atoms with van der Waals surface area (Å²) in [6.07, 6.45) is 1.10. The smallest absolute Gasteiger partial charge is 0.204 e. The van der Waals surface area contributed by atoms with E-state index in [4.69, 9.17) is 0 Å². The van der Waals surface area contributed by atoms with Crippen LogP contribution in [0.4, 0.5) is 0 Å². The van der Waals surface area contributed by atoms with Gasteiger partial charge in [-0.05, 0) is 61.7 Å². The maximum absolute atomic E-state index is 12.5. The molecule has 0 radical (unpaired) electrons. The summed E-state index contributed by atoms with van der Waals surface area (Å²) in [5.74, 6) is 2.36. The first kappa shape index (κ1) is 13.4. The molecule has 0 atom stereocenters. The Morgan fingerprint density at radius 3 is 2.72 bits per heavy atom. The lowest BCUT2D eigenvalue weighted by Crippen LogP contribution is -1.97. The number of ketones is 1. The predicted molar refractivity (Wildman–Crippen MR) is 87.3 cm³/mol. The fourth-order valence-electron chi connectivity index (χ4n) is 1.89. The van der Waals surface area contributed by atoms with Gasteiger partial charge in [0.1, 0.15) is 0 Å². The number of rotatable bonds is 2. The monoisotopic (exact) mass is 422 g/mol. The van der Waals surface area contributed by atoms with E-state index in [9.17, 15) is 4.79 Å². The lowest BCUT2D eigenvalue weighted by atomic mass is 10.1. The van der Waals surface area contributed by atoms with Crippen molar-refractivity contribution in [2.75, 3.05) is 5.75 Å². The molecular weight excluding hydrogens is 416 g/mol. The van der Waals surface area contributed by atoms with Gasteiger partial charge in [-0.2, -0.15) is 11.8 Å². The van der Waals surface area contributed by atoms with E-state index in [-0.39, 0.29) is 5.78 Å². The minimum atomic E-state index is 0.133. The van der Waals surface area contributed by atoms with E-state index in [1.807, 2.05) is 17.8 Å². The third kappa shape index (κ3) is 2.50. The van der Waals surface area contributed by atoms with Crippen LogP contribution in [0.25, 0.3) is 0 Å². The summed E-state index contributed by atoms with van der Waals surface area (Å²) in [5, 5.41) is 0. The van der Waals surface area contributed by atoms with Crippen molar-refractivity contribution in [2.24, 2.45) is 0 Å². The van der Waals surface area contributed by atoms with E-state index in [1.54, 1.807) is 22.7 Å². The highest BCUT2D eigenvalue weighted by molar-refractivity contribution is 9.12. The Labute approximate surface area is 134 Å². The summed E-state index contributed by atoms with van der Waals surface area (Å²) in [6.45, 7) is 0. The summed E-state index contributed by atoms with van der Waals surface area (Å²) in [5.41, 5.74) is 2.11. The molecule has 1 aliphatic heterocycles. The fraction of sp³-hybridized carbons (Fsp3) is 0.250. The average molecular weight is 424 g/mol. The highest BCUT2D eigenvalue weighted by Gasteiger charge is 2.21. The van der Waals surface area contributed by atoms with Crippen LogP contribution in [0.5, 0.6) is 0 Å². The number of hydrogen-bond donors (Lipinski definition) is 0. The Morgan fingerprint density at radius 2 is 2.06 bits per heavy atom. The first-order chi connectivity index (χ1) is 8.65. The SMILES string of the molecule is O=C(c1cc2c(s1)CCSC2)c1cc(Br)sc1Br. The molecule has 2 aromatic rings. The van der Waals surface area contributed by atoms with Crippen LogP contribution in [0.15, 0.2) is 19.7 Å². The first-order valence-corrected chi connectivity index (χ1v) is 9.71. The molecule has 0 aromatic carbocycles. The zero-order valence-corrected chi connectivity index (χ0v) is 14.8. The summed E-state index contributed by atoms with van der Waals surface area (Å²) >= 11 is 12.0. The number of hydrogen-bond acceptors (Lipinski definition) is 4. The molecule has 3 heterocycles. The van der Waals surface area contributed by atoms with Crippen LogP contribution in [0.1, 0.15) is 25.7 Å². The molecule has 94 valence electrons. The summed E-state index contributed by atoms with van der Waals surface area (Å²) in [6, 6.07) is 3.97. The van der Waals surface area contributed by atoms with Crippen LogP contribution in [0.2, 0.25) is 0 Å². The number of fused-ring (bicyclic) bond motifs is 1. The second-order valence-corrected chi connectivity index (χ2v) is 9.92. The number of carbonyl (C=O) groups excluding carboxylic acids is 1. The highest BCUT2D eigenvalue weighted by Crippen LogP contribution is 2.37. The number of carbonyl (C=O) groups is 1. The van der Waals surface area contributed by atoms with Crippen LogP contribution < -0.4 is 0 Å². The summed E-state index contributed by atoms with van der Waals surface area (Å²) in [4.78, 5) is 14.7. The first-order valence-electron chi connectivity index (χ1n) is 5.34. The second-order valence-electron chi connectivity index (χ2n) is 3.93. The molecule has 6 heteroatoms. The van der Waals surface area contributed by atoms with Crippen molar-refractivity contribution in [3.8, 4) is 0 Å². The van der Waals surface area contributed by atoms with Gasteiger partial charge in [-0.1, -0.05) is 0 Å². The number of thioether (sulfide) groups is 1. The van der Waals surface area contributed by atoms with Gasteiger partial charge in [0.15, 0.2) is 0 Å². The minimum absolute atomic E-state index is 0.133. The topological polar surface area (TPSA) is 17.1 Å². The van der Waals surface area contributed by atoms with Gasteiger partial charge in [-0.3, -0.25) is 4.79 Å². The minimum Gasteiger partial charge on any atom is -0.288 e. The fourth-order valence-corrected chi connectivity index (χ4v) is 7.01. The molecule has 0 bridgehead atoms. The molecule has 0 aliphatic carbocycles. The van der Waals surface area contributed by atoms with Crippen molar-refractivity contribution in [1.29, 1.82) is 0 Å². The summed E-state index contributed by atoms with van der Waals surface area (Å²) in [7, 11) is 0. The van der Waals surface area contributed by atoms with E-state index >= 15 is 0 Å². The number of halogens is 2. The van der Waals surface area contributed by atoms with Crippen molar-refractivity contribution in [1.82, 2.24) is 0 Å². The maximum atomic E-state index is 12.5. The molecule has 0 amide bonds. The largest absolute Gasteiger partial charge is 0.288 e. The van der Waals surface area contributed by atoms with E-state index in [1.165, 1.54) is 16.2 Å². The highest BCUT2D eigenvalue weighted by atomic mass is 79.9. The van der Waals surface area contributed by atoms with Gasteiger partial charge < -0.3 is 0 Å². The Kier molecular flexibility index (Phi) is 4.01. The van der Waals surface area contributed by atoms with Crippen LogP contribution in [-0.2, 0) is 12.2 Å². The Bertz CT molecular complexity index is 591. The maximum Gasteiger partial charge on any atom is 0.204 e. The Balaban J connectivity index is 1.97. The van der Waals surface area contributed by atoms with E-state index in [0.29, 0.717) is 0 Å². The van der Waals surface area contributed by atoms with E-state index in [2.05, 4.69) is 37.9 Å². The van der Waals surface area contributed by atoms with Gasteiger partial charge in [0.25, 0.3) is 0 Å². The third-order valence-electron chi connectivity index (χ3n) is 2.75. The van der Waals surface area contributed by atoms with Crippen molar-refractivity contribution >= 4 is 72.1 Å². The van der Waals surface area contributed by atoms with Crippen LogP contribution in [0, 0.1) is 0 Å². The number of aryl methyl sites for hydroxylation is 1. The summed E-state index contributed by atoms with van der Waals surface area (Å²) < 4.78 is 1.88.